The van der Waals surface area contributed by atoms with Crippen LogP contribution in [0.15, 0.2) is 41.3 Å². The van der Waals surface area contributed by atoms with E-state index in [2.05, 4.69) is 21.5 Å². The summed E-state index contributed by atoms with van der Waals surface area (Å²) in [5, 5.41) is 0.981. The van der Waals surface area contributed by atoms with Crippen LogP contribution in [0.3, 0.4) is 0 Å². The quantitative estimate of drug-likeness (QED) is 0.635. The molecule has 0 aliphatic carbocycles. The standard InChI is InChI=1S/C23H23FN4OS/c1-15-18(23(29)28-10-3-2-4-21(28)25-15)9-13-27-11-7-16(8-12-27)22-19-6-5-17(24)14-20(19)30-26-22/h5-8,11,14H,2-4,9-10,12-13H2,1H3. The first-order chi connectivity index (χ1) is 14.6. The molecule has 0 saturated heterocycles. The Hall–Kier alpha value is -2.80. The van der Waals surface area contributed by atoms with Crippen molar-refractivity contribution in [1.29, 1.82) is 0 Å². The third kappa shape index (κ3) is 3.47. The van der Waals surface area contributed by atoms with E-state index in [0.29, 0.717) is 6.42 Å². The number of hydrogen-bond acceptors (Lipinski definition) is 5. The largest absolute Gasteiger partial charge is 0.373 e. The van der Waals surface area contributed by atoms with Gasteiger partial charge in [-0.1, -0.05) is 6.08 Å². The minimum Gasteiger partial charge on any atom is -0.373 e. The number of aromatic nitrogens is 3. The highest BCUT2D eigenvalue weighted by molar-refractivity contribution is 7.13. The first-order valence-corrected chi connectivity index (χ1v) is 11.1. The molecule has 154 valence electrons. The number of nitrogens with zero attached hydrogens (tertiary/aromatic N) is 4. The molecule has 2 aromatic heterocycles. The zero-order chi connectivity index (χ0) is 20.7. The van der Waals surface area contributed by atoms with E-state index in [-0.39, 0.29) is 11.4 Å². The molecule has 0 spiro atoms. The van der Waals surface area contributed by atoms with Crippen molar-refractivity contribution >= 4 is 27.2 Å². The topological polar surface area (TPSA) is 51.0 Å². The zero-order valence-corrected chi connectivity index (χ0v) is 17.7. The number of aryl methyl sites for hydroxylation is 2. The van der Waals surface area contributed by atoms with Crippen LogP contribution in [0.5, 0.6) is 0 Å². The average Bonchev–Trinajstić information content (AvgIpc) is 3.17. The maximum absolute atomic E-state index is 13.4. The van der Waals surface area contributed by atoms with Gasteiger partial charge in [0, 0.05) is 54.5 Å². The summed E-state index contributed by atoms with van der Waals surface area (Å²) in [7, 11) is 0. The molecule has 5 nitrogen and oxygen atoms in total. The Morgan fingerprint density at radius 2 is 2.17 bits per heavy atom. The molecule has 0 unspecified atom stereocenters. The zero-order valence-electron chi connectivity index (χ0n) is 16.9. The number of hydrogen-bond donors (Lipinski definition) is 0. The predicted octanol–water partition coefficient (Wildman–Crippen LogP) is 4.09. The van der Waals surface area contributed by atoms with E-state index in [1.807, 2.05) is 17.6 Å². The van der Waals surface area contributed by atoms with Crippen molar-refractivity contribution in [3.05, 3.63) is 75.5 Å². The van der Waals surface area contributed by atoms with Crippen molar-refractivity contribution in [2.45, 2.75) is 39.2 Å². The Bertz CT molecular complexity index is 1240. The van der Waals surface area contributed by atoms with Gasteiger partial charge in [-0.3, -0.25) is 9.36 Å². The molecule has 3 aromatic rings. The Balaban J connectivity index is 1.29. The number of benzene rings is 1. The van der Waals surface area contributed by atoms with E-state index in [4.69, 9.17) is 4.98 Å². The lowest BCUT2D eigenvalue weighted by Gasteiger charge is -2.24. The van der Waals surface area contributed by atoms with Gasteiger partial charge in [0.2, 0.25) is 0 Å². The van der Waals surface area contributed by atoms with E-state index in [1.54, 1.807) is 6.07 Å². The van der Waals surface area contributed by atoms with Gasteiger partial charge in [0.15, 0.2) is 0 Å². The average molecular weight is 423 g/mol. The Morgan fingerprint density at radius 1 is 1.27 bits per heavy atom. The highest BCUT2D eigenvalue weighted by Gasteiger charge is 2.18. The fraction of sp³-hybridized carbons (Fsp3) is 0.348. The smallest absolute Gasteiger partial charge is 0.256 e. The third-order valence-electron chi connectivity index (χ3n) is 5.95. The second kappa shape index (κ2) is 7.80. The van der Waals surface area contributed by atoms with E-state index < -0.39 is 0 Å². The Kier molecular flexibility index (Phi) is 4.98. The van der Waals surface area contributed by atoms with Gasteiger partial charge in [-0.2, -0.15) is 4.37 Å². The molecule has 2 aliphatic heterocycles. The van der Waals surface area contributed by atoms with Crippen molar-refractivity contribution in [3.63, 3.8) is 0 Å². The highest BCUT2D eigenvalue weighted by Crippen LogP contribution is 2.30. The predicted molar refractivity (Wildman–Crippen MR) is 118 cm³/mol. The highest BCUT2D eigenvalue weighted by atomic mass is 32.1. The first kappa shape index (κ1) is 19.2. The van der Waals surface area contributed by atoms with Crippen LogP contribution in [0.2, 0.25) is 0 Å². The Morgan fingerprint density at radius 3 is 3.00 bits per heavy atom. The molecule has 0 N–H and O–H groups in total. The van der Waals surface area contributed by atoms with Gasteiger partial charge in [0.1, 0.15) is 11.6 Å². The molecule has 0 amide bonds. The molecule has 0 atom stereocenters. The summed E-state index contributed by atoms with van der Waals surface area (Å²) in [6.07, 6.45) is 10.00. The maximum atomic E-state index is 13.4. The summed E-state index contributed by atoms with van der Waals surface area (Å²) in [4.78, 5) is 19.8. The first-order valence-electron chi connectivity index (χ1n) is 10.4. The van der Waals surface area contributed by atoms with Crippen molar-refractivity contribution in [2.24, 2.45) is 0 Å². The van der Waals surface area contributed by atoms with Crippen molar-refractivity contribution in [1.82, 2.24) is 18.8 Å². The molecule has 0 bridgehead atoms. The maximum Gasteiger partial charge on any atom is 0.256 e. The second-order valence-corrected chi connectivity index (χ2v) is 8.70. The van der Waals surface area contributed by atoms with Gasteiger partial charge < -0.3 is 4.90 Å². The van der Waals surface area contributed by atoms with Gasteiger partial charge in [0.05, 0.1) is 10.4 Å². The minimum absolute atomic E-state index is 0.135. The molecule has 30 heavy (non-hydrogen) atoms. The van der Waals surface area contributed by atoms with Crippen LogP contribution < -0.4 is 5.56 Å². The van der Waals surface area contributed by atoms with E-state index in [1.165, 1.54) is 23.7 Å². The van der Waals surface area contributed by atoms with Crippen molar-refractivity contribution in [3.8, 4) is 0 Å². The SMILES string of the molecule is Cc1nc2n(c(=O)c1CCN1C=CC(c3nsc4cc(F)ccc34)=CC1)CCCC2. The van der Waals surface area contributed by atoms with Gasteiger partial charge in [-0.15, -0.1) is 0 Å². The molecule has 0 radical (unpaired) electrons. The molecule has 7 heteroatoms. The van der Waals surface area contributed by atoms with E-state index in [9.17, 15) is 9.18 Å². The van der Waals surface area contributed by atoms with Crippen LogP contribution >= 0.6 is 11.5 Å². The molecule has 0 saturated carbocycles. The third-order valence-corrected chi connectivity index (χ3v) is 6.76. The van der Waals surface area contributed by atoms with E-state index >= 15 is 0 Å². The van der Waals surface area contributed by atoms with Crippen LogP contribution in [0.1, 0.15) is 35.6 Å². The van der Waals surface area contributed by atoms with Crippen molar-refractivity contribution < 1.29 is 4.39 Å². The number of rotatable bonds is 4. The van der Waals surface area contributed by atoms with Crippen LogP contribution in [0.25, 0.3) is 15.7 Å². The number of allylic oxidation sites excluding steroid dienone is 2. The van der Waals surface area contributed by atoms with Crippen LogP contribution in [-0.2, 0) is 19.4 Å². The second-order valence-electron chi connectivity index (χ2n) is 7.90. The summed E-state index contributed by atoms with van der Waals surface area (Å²) in [6.45, 7) is 4.26. The fourth-order valence-corrected chi connectivity index (χ4v) is 5.09. The minimum atomic E-state index is -0.236. The summed E-state index contributed by atoms with van der Waals surface area (Å²) in [5.74, 6) is 0.702. The summed E-state index contributed by atoms with van der Waals surface area (Å²) >= 11 is 1.32. The van der Waals surface area contributed by atoms with Crippen molar-refractivity contribution in [2.75, 3.05) is 13.1 Å². The number of halogens is 1. The summed E-state index contributed by atoms with van der Waals surface area (Å²) in [6, 6.07) is 4.81. The normalized spacial score (nSPS) is 16.1. The molecule has 2 aliphatic rings. The van der Waals surface area contributed by atoms with Gasteiger partial charge in [-0.25, -0.2) is 9.37 Å². The molecule has 5 rings (SSSR count). The molecule has 0 fully saturated rings. The van der Waals surface area contributed by atoms with E-state index in [0.717, 1.165) is 77.3 Å². The lowest BCUT2D eigenvalue weighted by atomic mass is 10.1. The number of fused-ring (bicyclic) bond motifs is 2. The van der Waals surface area contributed by atoms with Crippen LogP contribution in [-0.4, -0.2) is 31.9 Å². The molecule has 1 aromatic carbocycles. The lowest BCUT2D eigenvalue weighted by molar-refractivity contribution is 0.413. The lowest BCUT2D eigenvalue weighted by Crippen LogP contribution is -2.33. The van der Waals surface area contributed by atoms with Gasteiger partial charge >= 0.3 is 0 Å². The summed E-state index contributed by atoms with van der Waals surface area (Å²) in [5.41, 5.74) is 3.79. The monoisotopic (exact) mass is 422 g/mol. The van der Waals surface area contributed by atoms with Crippen LogP contribution in [0.4, 0.5) is 4.39 Å². The molecule has 4 heterocycles. The molecular formula is C23H23FN4OS. The fourth-order valence-electron chi connectivity index (χ4n) is 4.27. The summed E-state index contributed by atoms with van der Waals surface area (Å²) < 4.78 is 20.7. The Labute approximate surface area is 178 Å². The molecular weight excluding hydrogens is 399 g/mol. The van der Waals surface area contributed by atoms with Gasteiger partial charge in [0.25, 0.3) is 5.56 Å². The van der Waals surface area contributed by atoms with Gasteiger partial charge in [-0.05, 0) is 62.0 Å². The van der Waals surface area contributed by atoms with Crippen LogP contribution in [0, 0.1) is 12.7 Å².